The van der Waals surface area contributed by atoms with E-state index < -0.39 is 0 Å². The molecule has 0 amide bonds. The van der Waals surface area contributed by atoms with Gasteiger partial charge in [-0.05, 0) is 22.4 Å². The molecule has 4 unspecified atom stereocenters. The van der Waals surface area contributed by atoms with Crippen LogP contribution in [0.15, 0.2) is 29.6 Å². The summed E-state index contributed by atoms with van der Waals surface area (Å²) in [6.45, 7) is 4.65. The van der Waals surface area contributed by atoms with E-state index in [0.717, 1.165) is 11.0 Å². The minimum atomic E-state index is 0.227. The molecule has 0 spiro atoms. The summed E-state index contributed by atoms with van der Waals surface area (Å²) < 4.78 is 1.37. The molecule has 20 heavy (non-hydrogen) atoms. The molecule has 2 nitrogen and oxygen atoms in total. The Hall–Kier alpha value is -0.200. The molecule has 1 aromatic heterocycles. The highest BCUT2D eigenvalue weighted by atomic mass is 32.2. The Morgan fingerprint density at radius 2 is 2.10 bits per heavy atom. The smallest absolute Gasteiger partial charge is 0.0600 e. The van der Waals surface area contributed by atoms with Gasteiger partial charge in [0.25, 0.3) is 0 Å². The van der Waals surface area contributed by atoms with Crippen LogP contribution in [0.1, 0.15) is 25.5 Å². The van der Waals surface area contributed by atoms with Crippen molar-refractivity contribution < 1.29 is 0 Å². The van der Waals surface area contributed by atoms with Gasteiger partial charge in [0.2, 0.25) is 0 Å². The second-order valence-electron chi connectivity index (χ2n) is 5.25. The molecule has 1 fully saturated rings. The number of fused-ring (bicyclic) bond motifs is 1. The Morgan fingerprint density at radius 3 is 2.85 bits per heavy atom. The lowest BCUT2D eigenvalue weighted by Crippen LogP contribution is -2.40. The molecule has 0 radical (unpaired) electrons. The monoisotopic (exact) mass is 324 g/mol. The maximum Gasteiger partial charge on any atom is 0.0600 e. The summed E-state index contributed by atoms with van der Waals surface area (Å²) in [5, 5.41) is 5.42. The van der Waals surface area contributed by atoms with Gasteiger partial charge < -0.3 is 0 Å². The van der Waals surface area contributed by atoms with Crippen molar-refractivity contribution in [3.8, 4) is 0 Å². The Balaban J connectivity index is 1.92. The number of rotatable bonds is 3. The van der Waals surface area contributed by atoms with Crippen molar-refractivity contribution in [1.82, 2.24) is 5.43 Å². The molecule has 3 rings (SSSR count). The first kappa shape index (κ1) is 14.7. The van der Waals surface area contributed by atoms with Crippen molar-refractivity contribution in [2.75, 3.05) is 5.75 Å². The van der Waals surface area contributed by atoms with Crippen molar-refractivity contribution in [2.24, 2.45) is 5.84 Å². The highest BCUT2D eigenvalue weighted by Crippen LogP contribution is 2.42. The highest BCUT2D eigenvalue weighted by Gasteiger charge is 2.32. The Labute approximate surface area is 132 Å². The SMILES string of the molecule is CC1SCC(C(NN)c2cccc3ccsc23)SC1C. The highest BCUT2D eigenvalue weighted by molar-refractivity contribution is 8.07. The van der Waals surface area contributed by atoms with Crippen molar-refractivity contribution in [3.63, 3.8) is 0 Å². The lowest BCUT2D eigenvalue weighted by atomic mass is 10.0. The molecule has 4 atom stereocenters. The molecule has 1 aliphatic rings. The number of hydrogen-bond donors (Lipinski definition) is 2. The van der Waals surface area contributed by atoms with E-state index in [1.54, 1.807) is 0 Å². The largest absolute Gasteiger partial charge is 0.271 e. The average molecular weight is 325 g/mol. The van der Waals surface area contributed by atoms with Crippen LogP contribution in [-0.2, 0) is 0 Å². The van der Waals surface area contributed by atoms with E-state index >= 15 is 0 Å². The summed E-state index contributed by atoms with van der Waals surface area (Å²) in [5.74, 6) is 7.07. The van der Waals surface area contributed by atoms with Crippen LogP contribution in [0.4, 0.5) is 0 Å². The van der Waals surface area contributed by atoms with Gasteiger partial charge >= 0.3 is 0 Å². The van der Waals surface area contributed by atoms with Crippen molar-refractivity contribution in [3.05, 3.63) is 35.2 Å². The minimum Gasteiger partial charge on any atom is -0.271 e. The van der Waals surface area contributed by atoms with Gasteiger partial charge in [-0.25, -0.2) is 0 Å². The molecule has 3 N–H and O–H groups in total. The van der Waals surface area contributed by atoms with Crippen molar-refractivity contribution in [1.29, 1.82) is 0 Å². The zero-order valence-corrected chi connectivity index (χ0v) is 14.2. The van der Waals surface area contributed by atoms with Crippen LogP contribution in [0.5, 0.6) is 0 Å². The number of nitrogens with one attached hydrogen (secondary N) is 1. The number of nitrogens with two attached hydrogens (primary N) is 1. The first-order chi connectivity index (χ1) is 9.70. The van der Waals surface area contributed by atoms with Gasteiger partial charge in [-0.3, -0.25) is 11.3 Å². The summed E-state index contributed by atoms with van der Waals surface area (Å²) in [4.78, 5) is 0. The molecular weight excluding hydrogens is 304 g/mol. The van der Waals surface area contributed by atoms with Crippen LogP contribution in [0, 0.1) is 0 Å². The van der Waals surface area contributed by atoms with Crippen molar-refractivity contribution in [2.45, 2.75) is 35.6 Å². The Bertz CT molecular complexity index is 583. The van der Waals surface area contributed by atoms with Gasteiger partial charge in [0.1, 0.15) is 0 Å². The van der Waals surface area contributed by atoms with Gasteiger partial charge in [0, 0.05) is 26.2 Å². The molecule has 1 saturated heterocycles. The van der Waals surface area contributed by atoms with Crippen LogP contribution >= 0.6 is 34.9 Å². The second kappa shape index (κ2) is 6.28. The molecular formula is C15H20N2S3. The van der Waals surface area contributed by atoms with E-state index in [-0.39, 0.29) is 6.04 Å². The summed E-state index contributed by atoms with van der Waals surface area (Å²) in [6.07, 6.45) is 0. The lowest BCUT2D eigenvalue weighted by Gasteiger charge is -2.36. The van der Waals surface area contributed by atoms with Gasteiger partial charge in [0.15, 0.2) is 0 Å². The van der Waals surface area contributed by atoms with Gasteiger partial charge in [0.05, 0.1) is 6.04 Å². The molecule has 1 aliphatic heterocycles. The Kier molecular flexibility index (Phi) is 4.62. The average Bonchev–Trinajstić information content (AvgIpc) is 2.93. The summed E-state index contributed by atoms with van der Waals surface area (Å²) >= 11 is 5.95. The summed E-state index contributed by atoms with van der Waals surface area (Å²) in [5.41, 5.74) is 4.42. The molecule has 1 aromatic carbocycles. The van der Waals surface area contributed by atoms with E-state index in [1.807, 2.05) is 11.3 Å². The van der Waals surface area contributed by atoms with Crippen LogP contribution in [-0.4, -0.2) is 21.5 Å². The predicted molar refractivity (Wildman–Crippen MR) is 94.7 cm³/mol. The van der Waals surface area contributed by atoms with Crippen LogP contribution < -0.4 is 11.3 Å². The summed E-state index contributed by atoms with van der Waals surface area (Å²) in [7, 11) is 0. The number of thiophene rings is 1. The van der Waals surface area contributed by atoms with Gasteiger partial charge in [-0.1, -0.05) is 32.0 Å². The second-order valence-corrected chi connectivity index (χ2v) is 9.20. The number of hydrogen-bond acceptors (Lipinski definition) is 5. The zero-order chi connectivity index (χ0) is 14.1. The third-order valence-electron chi connectivity index (χ3n) is 3.97. The quantitative estimate of drug-likeness (QED) is 0.660. The maximum absolute atomic E-state index is 5.91. The topological polar surface area (TPSA) is 38.0 Å². The summed E-state index contributed by atoms with van der Waals surface area (Å²) in [6, 6.07) is 8.95. The van der Waals surface area contributed by atoms with E-state index in [9.17, 15) is 0 Å². The first-order valence-corrected chi connectivity index (χ1v) is 9.77. The third-order valence-corrected chi connectivity index (χ3v) is 8.44. The van der Waals surface area contributed by atoms with Gasteiger partial charge in [-0.2, -0.15) is 23.5 Å². The number of hydrazine groups is 1. The molecule has 2 aromatic rings. The first-order valence-electron chi connectivity index (χ1n) is 6.90. The number of benzene rings is 1. The fourth-order valence-electron chi connectivity index (χ4n) is 2.64. The zero-order valence-electron chi connectivity index (χ0n) is 11.7. The van der Waals surface area contributed by atoms with E-state index in [1.165, 1.54) is 15.6 Å². The molecule has 0 saturated carbocycles. The van der Waals surface area contributed by atoms with Crippen LogP contribution in [0.3, 0.4) is 0 Å². The minimum absolute atomic E-state index is 0.227. The molecule has 5 heteroatoms. The standard InChI is InChI=1S/C15H20N2S3/c1-9-10(2)20-13(8-19-9)14(17-16)12-5-3-4-11-6-7-18-15(11)12/h3-7,9-10,13-14,17H,8,16H2,1-2H3. The van der Waals surface area contributed by atoms with E-state index in [2.05, 4.69) is 72.4 Å². The normalized spacial score (nSPS) is 28.6. The maximum atomic E-state index is 5.91. The lowest BCUT2D eigenvalue weighted by molar-refractivity contribution is 0.553. The predicted octanol–water partition coefficient (Wildman–Crippen LogP) is 4.03. The molecule has 108 valence electrons. The van der Waals surface area contributed by atoms with Crippen LogP contribution in [0.25, 0.3) is 10.1 Å². The third kappa shape index (κ3) is 2.74. The Morgan fingerprint density at radius 1 is 1.25 bits per heavy atom. The van der Waals surface area contributed by atoms with Crippen molar-refractivity contribution >= 4 is 44.9 Å². The number of thioether (sulfide) groups is 2. The molecule has 0 aliphatic carbocycles. The fraction of sp³-hybridized carbons (Fsp3) is 0.467. The van der Waals surface area contributed by atoms with Crippen LogP contribution in [0.2, 0.25) is 0 Å². The van der Waals surface area contributed by atoms with Gasteiger partial charge in [-0.15, -0.1) is 11.3 Å². The van der Waals surface area contributed by atoms with E-state index in [4.69, 9.17) is 5.84 Å². The molecule has 0 bridgehead atoms. The molecule has 2 heterocycles. The van der Waals surface area contributed by atoms with E-state index in [0.29, 0.717) is 10.5 Å². The fourth-order valence-corrected chi connectivity index (χ4v) is 6.68.